The standard InChI is InChI=1S/C13H19N5/c1-13(5-3-4-6-13)17-11-12-15-7-8-18(12)9-10(14-2)16-11/h7-9,14H,3-6H2,1-2H3,(H,16,17). The van der Waals surface area contributed by atoms with Crippen molar-refractivity contribution in [1.82, 2.24) is 14.4 Å². The third-order valence-corrected chi connectivity index (χ3v) is 3.76. The molecule has 0 unspecified atom stereocenters. The first-order valence-corrected chi connectivity index (χ1v) is 6.50. The Morgan fingerprint density at radius 1 is 1.33 bits per heavy atom. The second kappa shape index (κ2) is 4.15. The average molecular weight is 245 g/mol. The summed E-state index contributed by atoms with van der Waals surface area (Å²) in [5, 5.41) is 6.67. The molecule has 1 aliphatic carbocycles. The number of aromatic nitrogens is 3. The third-order valence-electron chi connectivity index (χ3n) is 3.76. The summed E-state index contributed by atoms with van der Waals surface area (Å²) in [6.07, 6.45) is 10.7. The monoisotopic (exact) mass is 245 g/mol. The first-order chi connectivity index (χ1) is 8.70. The van der Waals surface area contributed by atoms with Crippen LogP contribution in [0.15, 0.2) is 18.6 Å². The van der Waals surface area contributed by atoms with Crippen LogP contribution in [-0.2, 0) is 0 Å². The number of imidazole rings is 1. The number of rotatable bonds is 3. The van der Waals surface area contributed by atoms with E-state index in [2.05, 4.69) is 27.5 Å². The van der Waals surface area contributed by atoms with Crippen molar-refractivity contribution in [3.8, 4) is 0 Å². The molecule has 0 bridgehead atoms. The third kappa shape index (κ3) is 1.89. The lowest BCUT2D eigenvalue weighted by Gasteiger charge is -2.26. The molecule has 96 valence electrons. The van der Waals surface area contributed by atoms with Crippen molar-refractivity contribution in [3.05, 3.63) is 18.6 Å². The van der Waals surface area contributed by atoms with Crippen molar-refractivity contribution in [3.63, 3.8) is 0 Å². The largest absolute Gasteiger partial charge is 0.372 e. The van der Waals surface area contributed by atoms with Gasteiger partial charge in [-0.1, -0.05) is 12.8 Å². The van der Waals surface area contributed by atoms with Crippen LogP contribution in [0.5, 0.6) is 0 Å². The average Bonchev–Trinajstić information content (AvgIpc) is 2.97. The summed E-state index contributed by atoms with van der Waals surface area (Å²) in [6.45, 7) is 2.27. The molecule has 2 aromatic rings. The second-order valence-electron chi connectivity index (χ2n) is 5.28. The van der Waals surface area contributed by atoms with Crippen molar-refractivity contribution < 1.29 is 0 Å². The Balaban J connectivity index is 2.01. The first-order valence-electron chi connectivity index (χ1n) is 6.50. The van der Waals surface area contributed by atoms with Crippen LogP contribution in [0, 0.1) is 0 Å². The fraction of sp³-hybridized carbons (Fsp3) is 0.538. The first kappa shape index (κ1) is 11.3. The summed E-state index contributed by atoms with van der Waals surface area (Å²) >= 11 is 0. The van der Waals surface area contributed by atoms with Gasteiger partial charge in [-0.05, 0) is 19.8 Å². The van der Waals surface area contributed by atoms with Crippen LogP contribution < -0.4 is 10.6 Å². The molecule has 0 aromatic carbocycles. The Morgan fingerprint density at radius 3 is 2.83 bits per heavy atom. The van der Waals surface area contributed by atoms with Gasteiger partial charge in [-0.25, -0.2) is 9.97 Å². The molecule has 18 heavy (non-hydrogen) atoms. The number of nitrogens with one attached hydrogen (secondary N) is 2. The van der Waals surface area contributed by atoms with E-state index in [9.17, 15) is 0 Å². The SMILES string of the molecule is CNc1cn2ccnc2c(NC2(C)CCCC2)n1. The molecule has 1 saturated carbocycles. The maximum Gasteiger partial charge on any atom is 0.180 e. The molecule has 0 amide bonds. The maximum absolute atomic E-state index is 4.59. The number of anilines is 2. The van der Waals surface area contributed by atoms with E-state index in [1.165, 1.54) is 25.7 Å². The van der Waals surface area contributed by atoms with Crippen LogP contribution in [-0.4, -0.2) is 27.0 Å². The van der Waals surface area contributed by atoms with Crippen molar-refractivity contribution in [2.24, 2.45) is 0 Å². The molecule has 1 fully saturated rings. The zero-order chi connectivity index (χ0) is 12.6. The smallest absolute Gasteiger partial charge is 0.180 e. The Morgan fingerprint density at radius 2 is 2.11 bits per heavy atom. The minimum absolute atomic E-state index is 0.159. The van der Waals surface area contributed by atoms with Crippen LogP contribution in [0.2, 0.25) is 0 Å². The van der Waals surface area contributed by atoms with Crippen LogP contribution in [0.4, 0.5) is 11.6 Å². The van der Waals surface area contributed by atoms with Crippen molar-refractivity contribution in [2.45, 2.75) is 38.1 Å². The lowest BCUT2D eigenvalue weighted by molar-refractivity contribution is 0.531. The molecule has 2 N–H and O–H groups in total. The van der Waals surface area contributed by atoms with Gasteiger partial charge in [0, 0.05) is 25.0 Å². The molecule has 2 aromatic heterocycles. The van der Waals surface area contributed by atoms with Crippen molar-refractivity contribution in [1.29, 1.82) is 0 Å². The van der Waals surface area contributed by atoms with Gasteiger partial charge in [0.15, 0.2) is 11.5 Å². The predicted molar refractivity (Wildman–Crippen MR) is 73.0 cm³/mol. The fourth-order valence-corrected chi connectivity index (χ4v) is 2.70. The van der Waals surface area contributed by atoms with Gasteiger partial charge >= 0.3 is 0 Å². The van der Waals surface area contributed by atoms with E-state index in [0.29, 0.717) is 0 Å². The van der Waals surface area contributed by atoms with E-state index < -0.39 is 0 Å². The van der Waals surface area contributed by atoms with E-state index in [1.54, 1.807) is 6.20 Å². The highest BCUT2D eigenvalue weighted by Crippen LogP contribution is 2.33. The zero-order valence-corrected chi connectivity index (χ0v) is 10.9. The van der Waals surface area contributed by atoms with Gasteiger partial charge in [0.2, 0.25) is 0 Å². The molecule has 3 rings (SSSR count). The van der Waals surface area contributed by atoms with E-state index in [-0.39, 0.29) is 5.54 Å². The van der Waals surface area contributed by atoms with Gasteiger partial charge in [-0.15, -0.1) is 0 Å². The lowest BCUT2D eigenvalue weighted by Crippen LogP contribution is -2.31. The molecule has 5 heteroatoms. The second-order valence-corrected chi connectivity index (χ2v) is 5.28. The summed E-state index contributed by atoms with van der Waals surface area (Å²) in [5.41, 5.74) is 1.05. The minimum Gasteiger partial charge on any atom is -0.372 e. The van der Waals surface area contributed by atoms with Gasteiger partial charge in [0.25, 0.3) is 0 Å². The van der Waals surface area contributed by atoms with Crippen molar-refractivity contribution in [2.75, 3.05) is 17.7 Å². The minimum atomic E-state index is 0.159. The molecule has 0 saturated heterocycles. The van der Waals surface area contributed by atoms with E-state index in [1.807, 2.05) is 23.8 Å². The molecule has 2 heterocycles. The van der Waals surface area contributed by atoms with Crippen molar-refractivity contribution >= 4 is 17.3 Å². The summed E-state index contributed by atoms with van der Waals surface area (Å²) < 4.78 is 2.00. The van der Waals surface area contributed by atoms with Gasteiger partial charge in [0.1, 0.15) is 5.82 Å². The molecular weight excluding hydrogens is 226 g/mol. The van der Waals surface area contributed by atoms with E-state index in [0.717, 1.165) is 17.3 Å². The van der Waals surface area contributed by atoms with Crippen LogP contribution in [0.1, 0.15) is 32.6 Å². The quantitative estimate of drug-likeness (QED) is 0.872. The Labute approximate surface area is 107 Å². The topological polar surface area (TPSA) is 54.2 Å². The highest BCUT2D eigenvalue weighted by Gasteiger charge is 2.29. The Bertz CT molecular complexity index is 554. The summed E-state index contributed by atoms with van der Waals surface area (Å²) in [4.78, 5) is 8.97. The molecule has 0 aliphatic heterocycles. The number of fused-ring (bicyclic) bond motifs is 1. The molecule has 5 nitrogen and oxygen atoms in total. The zero-order valence-electron chi connectivity index (χ0n) is 10.9. The van der Waals surface area contributed by atoms with Gasteiger partial charge in [0.05, 0.1) is 6.20 Å². The molecular formula is C13H19N5. The molecule has 0 radical (unpaired) electrons. The predicted octanol–water partition coefficient (Wildman–Crippen LogP) is 2.52. The number of hydrogen-bond acceptors (Lipinski definition) is 4. The van der Waals surface area contributed by atoms with Crippen LogP contribution >= 0.6 is 0 Å². The van der Waals surface area contributed by atoms with Gasteiger partial charge in [-0.3, -0.25) is 0 Å². The maximum atomic E-state index is 4.59. The van der Waals surface area contributed by atoms with Gasteiger partial charge in [-0.2, -0.15) is 0 Å². The Kier molecular flexibility index (Phi) is 2.61. The molecule has 0 spiro atoms. The summed E-state index contributed by atoms with van der Waals surface area (Å²) in [7, 11) is 1.88. The Hall–Kier alpha value is -1.78. The number of hydrogen-bond donors (Lipinski definition) is 2. The highest BCUT2D eigenvalue weighted by molar-refractivity contribution is 5.66. The molecule has 0 atom stereocenters. The normalized spacial score (nSPS) is 18.1. The van der Waals surface area contributed by atoms with Crippen LogP contribution in [0.25, 0.3) is 5.65 Å². The summed E-state index contributed by atoms with van der Waals surface area (Å²) in [6, 6.07) is 0. The fourth-order valence-electron chi connectivity index (χ4n) is 2.70. The summed E-state index contributed by atoms with van der Waals surface area (Å²) in [5.74, 6) is 1.72. The lowest BCUT2D eigenvalue weighted by atomic mass is 10.0. The van der Waals surface area contributed by atoms with E-state index in [4.69, 9.17) is 0 Å². The highest BCUT2D eigenvalue weighted by atomic mass is 15.2. The van der Waals surface area contributed by atoms with E-state index >= 15 is 0 Å². The number of nitrogens with zero attached hydrogens (tertiary/aromatic N) is 3. The molecule has 1 aliphatic rings. The van der Waals surface area contributed by atoms with Gasteiger partial charge < -0.3 is 15.0 Å². The van der Waals surface area contributed by atoms with Crippen LogP contribution in [0.3, 0.4) is 0 Å².